The van der Waals surface area contributed by atoms with Gasteiger partial charge in [0.1, 0.15) is 0 Å². The normalized spacial score (nSPS) is 20.2. The molecule has 0 bridgehead atoms. The van der Waals surface area contributed by atoms with E-state index < -0.39 is 0 Å². The molecule has 1 fully saturated rings. The number of nitrogens with one attached hydrogen (secondary N) is 1. The number of carbonyl (C=O) groups excluding carboxylic acids is 1. The number of carbonyl (C=O) groups is 1. The molecule has 0 aromatic rings. The molecular formula is C12H24N2O2S. The van der Waals surface area contributed by atoms with Crippen LogP contribution in [0.2, 0.25) is 0 Å². The standard InChI is InChI=1S/C12H24N2O2S/c13-6-2-3-7-14-12(15)10-17-9-11-5-1-4-8-16-11/h11H,1-10,13H2,(H,14,15). The largest absolute Gasteiger partial charge is 0.377 e. The van der Waals surface area contributed by atoms with E-state index in [0.29, 0.717) is 18.4 Å². The first kappa shape index (κ1) is 14.8. The Morgan fingerprint density at radius 3 is 3.00 bits per heavy atom. The number of rotatable bonds is 8. The molecule has 17 heavy (non-hydrogen) atoms. The summed E-state index contributed by atoms with van der Waals surface area (Å²) in [5, 5.41) is 2.90. The van der Waals surface area contributed by atoms with Gasteiger partial charge in [-0.15, -0.1) is 11.8 Å². The maximum absolute atomic E-state index is 11.4. The summed E-state index contributed by atoms with van der Waals surface area (Å²) in [5.41, 5.74) is 5.38. The quantitative estimate of drug-likeness (QED) is 0.643. The highest BCUT2D eigenvalue weighted by atomic mass is 32.2. The van der Waals surface area contributed by atoms with Gasteiger partial charge in [-0.2, -0.15) is 0 Å². The van der Waals surface area contributed by atoms with Gasteiger partial charge in [0.05, 0.1) is 11.9 Å². The van der Waals surface area contributed by atoms with E-state index in [0.717, 1.165) is 38.2 Å². The van der Waals surface area contributed by atoms with Crippen molar-refractivity contribution in [1.29, 1.82) is 0 Å². The van der Waals surface area contributed by atoms with Gasteiger partial charge in [-0.1, -0.05) is 0 Å². The molecule has 100 valence electrons. The Hall–Kier alpha value is -0.260. The molecule has 0 aromatic heterocycles. The maximum atomic E-state index is 11.4. The molecule has 0 saturated carbocycles. The molecule has 4 nitrogen and oxygen atoms in total. The molecule has 1 heterocycles. The Kier molecular flexibility index (Phi) is 8.48. The van der Waals surface area contributed by atoms with Crippen LogP contribution in [0.5, 0.6) is 0 Å². The molecule has 0 aliphatic carbocycles. The molecule has 1 atom stereocenters. The molecule has 1 amide bonds. The van der Waals surface area contributed by atoms with Gasteiger partial charge in [-0.05, 0) is 38.6 Å². The summed E-state index contributed by atoms with van der Waals surface area (Å²) in [5.74, 6) is 1.61. The van der Waals surface area contributed by atoms with Gasteiger partial charge in [0, 0.05) is 18.9 Å². The topological polar surface area (TPSA) is 64.3 Å². The van der Waals surface area contributed by atoms with Crippen molar-refractivity contribution < 1.29 is 9.53 Å². The van der Waals surface area contributed by atoms with Crippen molar-refractivity contribution in [3.05, 3.63) is 0 Å². The molecular weight excluding hydrogens is 236 g/mol. The summed E-state index contributed by atoms with van der Waals surface area (Å²) in [4.78, 5) is 11.4. The molecule has 0 aromatic carbocycles. The summed E-state index contributed by atoms with van der Waals surface area (Å²) >= 11 is 1.67. The fourth-order valence-corrected chi connectivity index (χ4v) is 2.70. The lowest BCUT2D eigenvalue weighted by molar-refractivity contribution is -0.118. The van der Waals surface area contributed by atoms with Gasteiger partial charge in [-0.3, -0.25) is 4.79 Å². The monoisotopic (exact) mass is 260 g/mol. The van der Waals surface area contributed by atoms with E-state index in [1.165, 1.54) is 12.8 Å². The third-order valence-electron chi connectivity index (χ3n) is 2.76. The van der Waals surface area contributed by atoms with Crippen LogP contribution in [0.25, 0.3) is 0 Å². The zero-order valence-corrected chi connectivity index (χ0v) is 11.3. The molecule has 5 heteroatoms. The van der Waals surface area contributed by atoms with Crippen LogP contribution in [0.4, 0.5) is 0 Å². The van der Waals surface area contributed by atoms with Crippen molar-refractivity contribution in [2.75, 3.05) is 31.2 Å². The lowest BCUT2D eigenvalue weighted by Crippen LogP contribution is -2.28. The number of hydrogen-bond acceptors (Lipinski definition) is 4. The van der Waals surface area contributed by atoms with Gasteiger partial charge in [0.2, 0.25) is 5.91 Å². The van der Waals surface area contributed by atoms with Crippen LogP contribution in [-0.4, -0.2) is 43.2 Å². The highest BCUT2D eigenvalue weighted by molar-refractivity contribution is 7.99. The van der Waals surface area contributed by atoms with E-state index in [9.17, 15) is 4.79 Å². The molecule has 3 N–H and O–H groups in total. The summed E-state index contributed by atoms with van der Waals surface area (Å²) in [6, 6.07) is 0. The number of amides is 1. The minimum Gasteiger partial charge on any atom is -0.377 e. The second-order valence-electron chi connectivity index (χ2n) is 4.35. The van der Waals surface area contributed by atoms with Gasteiger partial charge >= 0.3 is 0 Å². The molecule has 0 spiro atoms. The SMILES string of the molecule is NCCCCNC(=O)CSCC1CCCCO1. The van der Waals surface area contributed by atoms with Crippen LogP contribution in [0, 0.1) is 0 Å². The summed E-state index contributed by atoms with van der Waals surface area (Å²) in [6.07, 6.45) is 5.89. The van der Waals surface area contributed by atoms with Crippen LogP contribution < -0.4 is 11.1 Å². The molecule has 0 radical (unpaired) electrons. The third-order valence-corrected chi connectivity index (χ3v) is 3.84. The van der Waals surface area contributed by atoms with Crippen molar-refractivity contribution in [2.24, 2.45) is 5.73 Å². The van der Waals surface area contributed by atoms with Gasteiger partial charge in [0.15, 0.2) is 0 Å². The number of hydrogen-bond donors (Lipinski definition) is 2. The van der Waals surface area contributed by atoms with Gasteiger partial charge in [-0.25, -0.2) is 0 Å². The molecule has 1 unspecified atom stereocenters. The number of nitrogens with two attached hydrogens (primary N) is 1. The van der Waals surface area contributed by atoms with Crippen LogP contribution in [0.3, 0.4) is 0 Å². The molecule has 1 aliphatic rings. The average molecular weight is 260 g/mol. The van der Waals surface area contributed by atoms with Gasteiger partial charge in [0.25, 0.3) is 0 Å². The van der Waals surface area contributed by atoms with E-state index in [-0.39, 0.29) is 5.91 Å². The highest BCUT2D eigenvalue weighted by Crippen LogP contribution is 2.16. The fourth-order valence-electron chi connectivity index (χ4n) is 1.77. The van der Waals surface area contributed by atoms with Crippen molar-refractivity contribution in [1.82, 2.24) is 5.32 Å². The summed E-state index contributed by atoms with van der Waals surface area (Å²) in [7, 11) is 0. The second kappa shape index (κ2) is 9.74. The predicted molar refractivity (Wildman–Crippen MR) is 72.2 cm³/mol. The number of thioether (sulfide) groups is 1. The van der Waals surface area contributed by atoms with Crippen molar-refractivity contribution >= 4 is 17.7 Å². The van der Waals surface area contributed by atoms with E-state index in [4.69, 9.17) is 10.5 Å². The minimum absolute atomic E-state index is 0.128. The zero-order valence-electron chi connectivity index (χ0n) is 10.5. The first-order chi connectivity index (χ1) is 8.33. The second-order valence-corrected chi connectivity index (χ2v) is 5.38. The molecule has 1 aliphatic heterocycles. The third kappa shape index (κ3) is 7.63. The first-order valence-corrected chi connectivity index (χ1v) is 7.64. The predicted octanol–water partition coefficient (Wildman–Crippen LogP) is 1.14. The van der Waals surface area contributed by atoms with E-state index >= 15 is 0 Å². The lowest BCUT2D eigenvalue weighted by atomic mass is 10.1. The zero-order chi connectivity index (χ0) is 12.3. The Morgan fingerprint density at radius 1 is 1.41 bits per heavy atom. The summed E-state index contributed by atoms with van der Waals surface area (Å²) in [6.45, 7) is 2.33. The van der Waals surface area contributed by atoms with E-state index in [1.807, 2.05) is 0 Å². The van der Waals surface area contributed by atoms with Gasteiger partial charge < -0.3 is 15.8 Å². The minimum atomic E-state index is 0.128. The Bertz CT molecular complexity index is 209. The highest BCUT2D eigenvalue weighted by Gasteiger charge is 2.14. The van der Waals surface area contributed by atoms with Crippen LogP contribution >= 0.6 is 11.8 Å². The van der Waals surface area contributed by atoms with Crippen LogP contribution in [0.15, 0.2) is 0 Å². The molecule has 1 saturated heterocycles. The van der Waals surface area contributed by atoms with Crippen LogP contribution in [-0.2, 0) is 9.53 Å². The fraction of sp³-hybridized carbons (Fsp3) is 0.917. The Balaban J connectivity index is 1.92. The number of ether oxygens (including phenoxy) is 1. The van der Waals surface area contributed by atoms with Crippen molar-refractivity contribution in [3.63, 3.8) is 0 Å². The summed E-state index contributed by atoms with van der Waals surface area (Å²) < 4.78 is 5.61. The Morgan fingerprint density at radius 2 is 2.29 bits per heavy atom. The number of unbranched alkanes of at least 4 members (excludes halogenated alkanes) is 1. The average Bonchev–Trinajstić information content (AvgIpc) is 2.36. The van der Waals surface area contributed by atoms with E-state index in [1.54, 1.807) is 11.8 Å². The van der Waals surface area contributed by atoms with Crippen molar-refractivity contribution in [3.8, 4) is 0 Å². The first-order valence-electron chi connectivity index (χ1n) is 6.49. The maximum Gasteiger partial charge on any atom is 0.229 e. The smallest absolute Gasteiger partial charge is 0.229 e. The van der Waals surface area contributed by atoms with Crippen LogP contribution in [0.1, 0.15) is 32.1 Å². The lowest BCUT2D eigenvalue weighted by Gasteiger charge is -2.21. The van der Waals surface area contributed by atoms with E-state index in [2.05, 4.69) is 5.32 Å². The molecule has 1 rings (SSSR count). The van der Waals surface area contributed by atoms with Crippen molar-refractivity contribution in [2.45, 2.75) is 38.2 Å². The Labute approximate surface area is 108 Å².